The second-order valence-corrected chi connectivity index (χ2v) is 9.23. The van der Waals surface area contributed by atoms with E-state index in [1.807, 2.05) is 0 Å². The van der Waals surface area contributed by atoms with E-state index in [0.29, 0.717) is 31.0 Å². The maximum absolute atomic E-state index is 11.1. The van der Waals surface area contributed by atoms with Crippen LogP contribution in [0.5, 0.6) is 0 Å². The van der Waals surface area contributed by atoms with Gasteiger partial charge in [0.25, 0.3) is 0 Å². The summed E-state index contributed by atoms with van der Waals surface area (Å²) in [6.07, 6.45) is 6.70. The van der Waals surface area contributed by atoms with E-state index in [1.165, 1.54) is 24.8 Å². The van der Waals surface area contributed by atoms with Crippen LogP contribution < -0.4 is 0 Å². The van der Waals surface area contributed by atoms with Gasteiger partial charge in [-0.05, 0) is 85.7 Å². The zero-order valence-electron chi connectivity index (χ0n) is 16.3. The van der Waals surface area contributed by atoms with Crippen molar-refractivity contribution < 1.29 is 14.9 Å². The Morgan fingerprint density at radius 2 is 2.08 bits per heavy atom. The Balaban J connectivity index is 1.51. The van der Waals surface area contributed by atoms with Crippen molar-refractivity contribution in [1.82, 2.24) is 0 Å². The summed E-state index contributed by atoms with van der Waals surface area (Å²) in [5.74, 6) is 2.39. The van der Waals surface area contributed by atoms with Crippen molar-refractivity contribution in [2.75, 3.05) is 19.8 Å². The van der Waals surface area contributed by atoms with Gasteiger partial charge in [0.05, 0.1) is 19.3 Å². The summed E-state index contributed by atoms with van der Waals surface area (Å²) in [5, 5.41) is 20.0. The van der Waals surface area contributed by atoms with E-state index in [-0.39, 0.29) is 18.1 Å². The number of hydrogen-bond acceptors (Lipinski definition) is 3. The summed E-state index contributed by atoms with van der Waals surface area (Å²) in [6.45, 7) is 5.68. The lowest BCUT2D eigenvalue weighted by molar-refractivity contribution is -0.0362. The molecule has 2 fully saturated rings. The highest BCUT2D eigenvalue weighted by Gasteiger charge is 2.57. The van der Waals surface area contributed by atoms with Crippen molar-refractivity contribution in [1.29, 1.82) is 0 Å². The number of fused-ring (bicyclic) bond motifs is 5. The fraction of sp³-hybridized carbons (Fsp3) is 0.739. The Morgan fingerprint density at radius 1 is 1.23 bits per heavy atom. The van der Waals surface area contributed by atoms with Crippen LogP contribution >= 0.6 is 0 Å². The van der Waals surface area contributed by atoms with E-state index in [1.54, 1.807) is 11.1 Å². The van der Waals surface area contributed by atoms with E-state index in [4.69, 9.17) is 9.84 Å². The molecule has 3 heteroatoms. The zero-order chi connectivity index (χ0) is 18.3. The van der Waals surface area contributed by atoms with Crippen LogP contribution in [-0.2, 0) is 11.2 Å². The van der Waals surface area contributed by atoms with Gasteiger partial charge in [-0.2, -0.15) is 0 Å². The molecule has 0 spiro atoms. The first-order chi connectivity index (χ1) is 12.5. The molecule has 3 aliphatic carbocycles. The van der Waals surface area contributed by atoms with Gasteiger partial charge in [-0.15, -0.1) is 0 Å². The van der Waals surface area contributed by atoms with Gasteiger partial charge < -0.3 is 14.9 Å². The van der Waals surface area contributed by atoms with Crippen molar-refractivity contribution in [2.24, 2.45) is 23.2 Å². The molecule has 144 valence electrons. The number of ether oxygens (including phenoxy) is 1. The molecular formula is C23H34O3. The van der Waals surface area contributed by atoms with Crippen LogP contribution in [0.1, 0.15) is 61.6 Å². The average Bonchev–Trinajstić information content (AvgIpc) is 2.89. The summed E-state index contributed by atoms with van der Waals surface area (Å²) < 4.78 is 5.48. The maximum atomic E-state index is 11.1. The molecule has 2 saturated carbocycles. The maximum Gasteiger partial charge on any atom is 0.0697 e. The molecule has 0 radical (unpaired) electrons. The minimum absolute atomic E-state index is 0.0744. The highest BCUT2D eigenvalue weighted by Crippen LogP contribution is 2.62. The molecule has 6 atom stereocenters. The standard InChI is InChI=1S/C23H34O3/c1-15-3-5-18-16(13-15)4-6-20-19(18)7-9-23(2)21(20)14-17(22(23)25)8-11-26-12-10-24/h3,5,13,17,19-22,24-25H,4,6-12,14H2,1-2H3/t17?,19?,20?,21?,22-,23-/m0/s1. The highest BCUT2D eigenvalue weighted by atomic mass is 16.5. The van der Waals surface area contributed by atoms with Crippen molar-refractivity contribution in [3.63, 3.8) is 0 Å². The predicted molar refractivity (Wildman–Crippen MR) is 103 cm³/mol. The summed E-state index contributed by atoms with van der Waals surface area (Å²) in [6, 6.07) is 7.06. The van der Waals surface area contributed by atoms with Crippen LogP contribution in [0.2, 0.25) is 0 Å². The van der Waals surface area contributed by atoms with Crippen molar-refractivity contribution >= 4 is 0 Å². The number of aryl methyl sites for hydroxylation is 2. The molecule has 0 aliphatic heterocycles. The third kappa shape index (κ3) is 3.02. The molecular weight excluding hydrogens is 324 g/mol. The molecule has 26 heavy (non-hydrogen) atoms. The number of hydrogen-bond donors (Lipinski definition) is 2. The molecule has 1 aromatic carbocycles. The largest absolute Gasteiger partial charge is 0.394 e. The Labute approximate surface area is 157 Å². The fourth-order valence-electron chi connectivity index (χ4n) is 6.54. The molecule has 3 aliphatic rings. The number of aliphatic hydroxyl groups is 2. The Hall–Kier alpha value is -0.900. The molecule has 2 N–H and O–H groups in total. The summed E-state index contributed by atoms with van der Waals surface area (Å²) in [4.78, 5) is 0. The second kappa shape index (κ2) is 7.26. The SMILES string of the molecule is Cc1ccc2c(c1)CCC1C2CC[C@@]2(C)C1CC(CCOCCO)[C@@H]2O. The lowest BCUT2D eigenvalue weighted by atomic mass is 9.55. The normalized spacial score (nSPS) is 38.5. The first-order valence-electron chi connectivity index (χ1n) is 10.5. The second-order valence-electron chi connectivity index (χ2n) is 9.23. The lowest BCUT2D eigenvalue weighted by Gasteiger charge is -2.50. The zero-order valence-corrected chi connectivity index (χ0v) is 16.3. The van der Waals surface area contributed by atoms with Gasteiger partial charge in [-0.3, -0.25) is 0 Å². The lowest BCUT2D eigenvalue weighted by Crippen LogP contribution is -2.44. The molecule has 3 nitrogen and oxygen atoms in total. The third-order valence-electron chi connectivity index (χ3n) is 7.87. The predicted octanol–water partition coefficient (Wildman–Crippen LogP) is 3.84. The fourth-order valence-corrected chi connectivity index (χ4v) is 6.54. The van der Waals surface area contributed by atoms with Gasteiger partial charge in [-0.25, -0.2) is 0 Å². The first-order valence-corrected chi connectivity index (χ1v) is 10.5. The topological polar surface area (TPSA) is 49.7 Å². The summed E-state index contributed by atoms with van der Waals surface area (Å²) in [7, 11) is 0. The Kier molecular flexibility index (Phi) is 5.15. The first kappa shape index (κ1) is 18.5. The summed E-state index contributed by atoms with van der Waals surface area (Å²) in [5.41, 5.74) is 4.62. The van der Waals surface area contributed by atoms with Gasteiger partial charge in [0.1, 0.15) is 0 Å². The molecule has 1 aromatic rings. The number of aliphatic hydroxyl groups excluding tert-OH is 2. The van der Waals surface area contributed by atoms with Crippen LogP contribution in [0, 0.1) is 30.1 Å². The van der Waals surface area contributed by atoms with E-state index in [0.717, 1.165) is 25.2 Å². The van der Waals surface area contributed by atoms with Crippen LogP contribution in [0.3, 0.4) is 0 Å². The quantitative estimate of drug-likeness (QED) is 0.787. The number of benzene rings is 1. The van der Waals surface area contributed by atoms with Gasteiger partial charge in [0.2, 0.25) is 0 Å². The Bertz CT molecular complexity index is 642. The van der Waals surface area contributed by atoms with E-state index in [9.17, 15) is 5.11 Å². The molecule has 0 bridgehead atoms. The van der Waals surface area contributed by atoms with Gasteiger partial charge >= 0.3 is 0 Å². The molecule has 0 aromatic heterocycles. The van der Waals surface area contributed by atoms with Crippen LogP contribution in [-0.4, -0.2) is 36.1 Å². The van der Waals surface area contributed by atoms with Crippen LogP contribution in [0.25, 0.3) is 0 Å². The molecule has 4 unspecified atom stereocenters. The van der Waals surface area contributed by atoms with Gasteiger partial charge in [-0.1, -0.05) is 30.7 Å². The molecule has 0 amide bonds. The highest BCUT2D eigenvalue weighted by molar-refractivity contribution is 5.37. The molecule has 4 rings (SSSR count). The van der Waals surface area contributed by atoms with Crippen LogP contribution in [0.15, 0.2) is 18.2 Å². The molecule has 0 heterocycles. The van der Waals surface area contributed by atoms with Crippen molar-refractivity contribution in [2.45, 2.75) is 64.4 Å². The third-order valence-corrected chi connectivity index (χ3v) is 7.87. The smallest absolute Gasteiger partial charge is 0.0697 e. The monoisotopic (exact) mass is 358 g/mol. The van der Waals surface area contributed by atoms with Crippen molar-refractivity contribution in [3.05, 3.63) is 34.9 Å². The minimum Gasteiger partial charge on any atom is -0.394 e. The van der Waals surface area contributed by atoms with Gasteiger partial charge in [0, 0.05) is 6.61 Å². The van der Waals surface area contributed by atoms with Crippen molar-refractivity contribution in [3.8, 4) is 0 Å². The molecule has 0 saturated heterocycles. The number of rotatable bonds is 5. The summed E-state index contributed by atoms with van der Waals surface area (Å²) >= 11 is 0. The van der Waals surface area contributed by atoms with E-state index in [2.05, 4.69) is 32.0 Å². The Morgan fingerprint density at radius 3 is 2.88 bits per heavy atom. The average molecular weight is 359 g/mol. The van der Waals surface area contributed by atoms with Crippen LogP contribution in [0.4, 0.5) is 0 Å². The van der Waals surface area contributed by atoms with E-state index >= 15 is 0 Å². The minimum atomic E-state index is -0.203. The van der Waals surface area contributed by atoms with Gasteiger partial charge in [0.15, 0.2) is 0 Å². The van der Waals surface area contributed by atoms with E-state index < -0.39 is 0 Å².